The number of para-hydroxylation sites is 1. The highest BCUT2D eigenvalue weighted by Gasteiger charge is 2.32. The number of sulfonamides is 1. The second-order valence-corrected chi connectivity index (χ2v) is 11.1. The normalized spacial score (nSPS) is 12.3. The molecule has 0 aliphatic rings. The first-order chi connectivity index (χ1) is 14.0. The van der Waals surface area contributed by atoms with Crippen LogP contribution >= 0.6 is 0 Å². The van der Waals surface area contributed by atoms with Crippen molar-refractivity contribution >= 4 is 25.7 Å². The van der Waals surface area contributed by atoms with Gasteiger partial charge in [-0.15, -0.1) is 0 Å². The lowest BCUT2D eigenvalue weighted by atomic mass is 10.0. The van der Waals surface area contributed by atoms with Crippen molar-refractivity contribution in [2.24, 2.45) is 0 Å². The summed E-state index contributed by atoms with van der Waals surface area (Å²) in [4.78, 5) is -0.0610. The number of aryl methyl sites for hydroxylation is 1. The number of hydrogen-bond acceptors (Lipinski definition) is 5. The van der Waals surface area contributed by atoms with Crippen LogP contribution in [0.4, 0.5) is 5.69 Å². The molecule has 0 saturated carbocycles. The van der Waals surface area contributed by atoms with Crippen LogP contribution in [0.5, 0.6) is 0 Å². The highest BCUT2D eigenvalue weighted by Crippen LogP contribution is 2.29. The molecule has 0 bridgehead atoms. The molecule has 0 saturated heterocycles. The molecule has 0 N–H and O–H groups in total. The lowest BCUT2D eigenvalue weighted by Crippen LogP contribution is -2.27. The molecular weight excluding hydrogens is 422 g/mol. The van der Waals surface area contributed by atoms with Crippen molar-refractivity contribution in [1.82, 2.24) is 9.19 Å². The number of benzene rings is 2. The van der Waals surface area contributed by atoms with Gasteiger partial charge >= 0.3 is 0 Å². The van der Waals surface area contributed by atoms with Crippen molar-refractivity contribution in [2.45, 2.75) is 43.4 Å². The van der Waals surface area contributed by atoms with Gasteiger partial charge in [0.15, 0.2) is 0 Å². The third-order valence-electron chi connectivity index (χ3n) is 5.00. The van der Waals surface area contributed by atoms with Crippen molar-refractivity contribution < 1.29 is 16.8 Å². The maximum Gasteiger partial charge on any atom is 0.283 e. The van der Waals surface area contributed by atoms with Crippen LogP contribution in [0.15, 0.2) is 64.4 Å². The third kappa shape index (κ3) is 3.75. The second kappa shape index (κ2) is 7.88. The topological polar surface area (TPSA) is 89.3 Å². The van der Waals surface area contributed by atoms with E-state index in [2.05, 4.69) is 5.10 Å². The Balaban J connectivity index is 2.09. The Kier molecular flexibility index (Phi) is 5.79. The third-order valence-corrected chi connectivity index (χ3v) is 8.71. The van der Waals surface area contributed by atoms with Gasteiger partial charge < -0.3 is 0 Å². The summed E-state index contributed by atoms with van der Waals surface area (Å²) in [5.41, 5.74) is 1.65. The summed E-state index contributed by atoms with van der Waals surface area (Å²) in [6.45, 7) is 6.98. The van der Waals surface area contributed by atoms with E-state index in [1.807, 2.05) is 13.8 Å². The van der Waals surface area contributed by atoms with E-state index in [1.165, 1.54) is 33.0 Å². The van der Waals surface area contributed by atoms with Gasteiger partial charge in [-0.1, -0.05) is 44.2 Å². The summed E-state index contributed by atoms with van der Waals surface area (Å²) in [5, 5.41) is 4.08. The van der Waals surface area contributed by atoms with Crippen LogP contribution in [0.3, 0.4) is 0 Å². The first-order valence-corrected chi connectivity index (χ1v) is 12.3. The fraction of sp³-hybridized carbons (Fsp3) is 0.286. The van der Waals surface area contributed by atoms with Crippen molar-refractivity contribution in [3.63, 3.8) is 0 Å². The predicted octanol–water partition coefficient (Wildman–Crippen LogP) is 3.69. The van der Waals surface area contributed by atoms with Crippen LogP contribution in [-0.4, -0.2) is 33.1 Å². The molecule has 0 aliphatic carbocycles. The Hall–Kier alpha value is -2.65. The number of hydrogen-bond donors (Lipinski definition) is 0. The SMILES string of the molecule is Cc1nn(S(=O)(=O)c2ccc(C(C)C)cc2)c(C)c1S(=O)(=O)N(C)c1ccccc1. The molecule has 1 aromatic heterocycles. The molecule has 0 unspecified atom stereocenters. The summed E-state index contributed by atoms with van der Waals surface area (Å²) >= 11 is 0. The number of nitrogens with zero attached hydrogens (tertiary/aromatic N) is 3. The van der Waals surface area contributed by atoms with Crippen molar-refractivity contribution in [3.8, 4) is 0 Å². The standard InChI is InChI=1S/C21H25N3O4S2/c1-15(2)18-11-13-20(14-12-18)29(25,26)24-17(4)21(16(3)22-24)30(27,28)23(5)19-9-7-6-8-10-19/h6-15H,1-5H3. The number of anilines is 1. The maximum atomic E-state index is 13.2. The molecule has 3 rings (SSSR count). The Bertz CT molecular complexity index is 1260. The smallest absolute Gasteiger partial charge is 0.269 e. The van der Waals surface area contributed by atoms with Crippen LogP contribution in [0.1, 0.15) is 36.7 Å². The monoisotopic (exact) mass is 447 g/mol. The minimum Gasteiger partial charge on any atom is -0.269 e. The highest BCUT2D eigenvalue weighted by atomic mass is 32.2. The van der Waals surface area contributed by atoms with Gasteiger partial charge in [0.25, 0.3) is 20.0 Å². The highest BCUT2D eigenvalue weighted by molar-refractivity contribution is 7.93. The van der Waals surface area contributed by atoms with Crippen LogP contribution < -0.4 is 4.31 Å². The fourth-order valence-corrected chi connectivity index (χ4v) is 6.22. The molecule has 1 heterocycles. The Morgan fingerprint density at radius 1 is 0.900 bits per heavy atom. The van der Waals surface area contributed by atoms with E-state index >= 15 is 0 Å². The molecule has 0 radical (unpaired) electrons. The van der Waals surface area contributed by atoms with Crippen molar-refractivity contribution in [1.29, 1.82) is 0 Å². The van der Waals surface area contributed by atoms with E-state index in [-0.39, 0.29) is 27.1 Å². The quantitative estimate of drug-likeness (QED) is 0.575. The zero-order valence-corrected chi connectivity index (χ0v) is 19.2. The van der Waals surface area contributed by atoms with Crippen molar-refractivity contribution in [3.05, 3.63) is 71.5 Å². The van der Waals surface area contributed by atoms with Gasteiger partial charge in [0, 0.05) is 7.05 Å². The summed E-state index contributed by atoms with van der Waals surface area (Å²) < 4.78 is 54.7. The molecule has 160 valence electrons. The van der Waals surface area contributed by atoms with E-state index in [4.69, 9.17) is 0 Å². The lowest BCUT2D eigenvalue weighted by molar-refractivity contribution is 0.577. The van der Waals surface area contributed by atoms with Crippen LogP contribution in [0.2, 0.25) is 0 Å². The number of rotatable bonds is 6. The largest absolute Gasteiger partial charge is 0.283 e. The van der Waals surface area contributed by atoms with E-state index in [9.17, 15) is 16.8 Å². The van der Waals surface area contributed by atoms with Crippen LogP contribution in [-0.2, 0) is 20.0 Å². The first-order valence-electron chi connectivity index (χ1n) is 9.43. The summed E-state index contributed by atoms with van der Waals surface area (Å²) in [6.07, 6.45) is 0. The van der Waals surface area contributed by atoms with E-state index in [0.29, 0.717) is 5.69 Å². The van der Waals surface area contributed by atoms with Gasteiger partial charge in [-0.3, -0.25) is 4.31 Å². The first kappa shape index (κ1) is 22.0. The maximum absolute atomic E-state index is 13.2. The van der Waals surface area contributed by atoms with Gasteiger partial charge in [-0.05, 0) is 49.6 Å². The molecule has 30 heavy (non-hydrogen) atoms. The zero-order valence-electron chi connectivity index (χ0n) is 17.6. The van der Waals surface area contributed by atoms with Crippen molar-refractivity contribution in [2.75, 3.05) is 11.4 Å². The van der Waals surface area contributed by atoms with E-state index in [0.717, 1.165) is 14.0 Å². The average Bonchev–Trinajstić information content (AvgIpc) is 3.03. The molecule has 7 nitrogen and oxygen atoms in total. The molecule has 2 aromatic carbocycles. The molecule has 0 amide bonds. The second-order valence-electron chi connectivity index (χ2n) is 7.38. The Labute approximate surface area is 178 Å². The summed E-state index contributed by atoms with van der Waals surface area (Å²) in [5.74, 6) is 0.265. The minimum absolute atomic E-state index is 0.0446. The van der Waals surface area contributed by atoms with Crippen LogP contribution in [0.25, 0.3) is 0 Å². The Morgan fingerprint density at radius 2 is 1.47 bits per heavy atom. The Morgan fingerprint density at radius 3 is 2.00 bits per heavy atom. The molecule has 0 fully saturated rings. The molecule has 3 aromatic rings. The van der Waals surface area contributed by atoms with E-state index in [1.54, 1.807) is 42.5 Å². The van der Waals surface area contributed by atoms with Gasteiger partial charge in [0.2, 0.25) is 0 Å². The molecule has 0 atom stereocenters. The zero-order chi connectivity index (χ0) is 22.3. The molecular formula is C21H25N3O4S2. The summed E-state index contributed by atoms with van der Waals surface area (Å²) in [6, 6.07) is 15.1. The van der Waals surface area contributed by atoms with Gasteiger partial charge in [0.1, 0.15) is 4.90 Å². The summed E-state index contributed by atoms with van der Waals surface area (Å²) in [7, 11) is -6.62. The average molecular weight is 448 g/mol. The predicted molar refractivity (Wildman–Crippen MR) is 117 cm³/mol. The van der Waals surface area contributed by atoms with Gasteiger partial charge in [-0.2, -0.15) is 17.6 Å². The molecule has 9 heteroatoms. The minimum atomic E-state index is -4.04. The fourth-order valence-electron chi connectivity index (χ4n) is 3.25. The lowest BCUT2D eigenvalue weighted by Gasteiger charge is -2.19. The van der Waals surface area contributed by atoms with Gasteiger partial charge in [0.05, 0.1) is 22.0 Å². The van der Waals surface area contributed by atoms with Gasteiger partial charge in [-0.25, -0.2) is 8.42 Å². The molecule has 0 aliphatic heterocycles. The number of aromatic nitrogens is 2. The van der Waals surface area contributed by atoms with E-state index < -0.39 is 20.0 Å². The van der Waals surface area contributed by atoms with Crippen LogP contribution in [0, 0.1) is 13.8 Å². The molecule has 0 spiro atoms.